The van der Waals surface area contributed by atoms with E-state index in [9.17, 15) is 0 Å². The lowest BCUT2D eigenvalue weighted by Gasteiger charge is -2.34. The standard InChI is InChI=1S/C13H22N4/c1-16-10-14-15-13(16)12-8-5-9-17(12)11-6-3-2-4-7-11/h10-12H,2-9H2,1H3. The molecule has 94 valence electrons. The second kappa shape index (κ2) is 4.77. The highest BCUT2D eigenvalue weighted by atomic mass is 15.3. The van der Waals surface area contributed by atoms with Gasteiger partial charge in [-0.2, -0.15) is 0 Å². The topological polar surface area (TPSA) is 34.0 Å². The number of nitrogens with zero attached hydrogens (tertiary/aromatic N) is 4. The summed E-state index contributed by atoms with van der Waals surface area (Å²) >= 11 is 0. The number of hydrogen-bond acceptors (Lipinski definition) is 3. The first-order valence-electron chi connectivity index (χ1n) is 6.96. The average Bonchev–Trinajstić information content (AvgIpc) is 2.98. The van der Waals surface area contributed by atoms with Gasteiger partial charge < -0.3 is 4.57 Å². The first kappa shape index (κ1) is 11.2. The van der Waals surface area contributed by atoms with Gasteiger partial charge in [0.25, 0.3) is 0 Å². The van der Waals surface area contributed by atoms with Gasteiger partial charge in [0.1, 0.15) is 12.2 Å². The number of rotatable bonds is 2. The SMILES string of the molecule is Cn1cnnc1C1CCCN1C1CCCCC1. The van der Waals surface area contributed by atoms with Crippen molar-refractivity contribution in [2.24, 2.45) is 7.05 Å². The van der Waals surface area contributed by atoms with Gasteiger partial charge in [-0.25, -0.2) is 0 Å². The Labute approximate surface area is 103 Å². The van der Waals surface area contributed by atoms with E-state index >= 15 is 0 Å². The van der Waals surface area contributed by atoms with Crippen LogP contribution < -0.4 is 0 Å². The van der Waals surface area contributed by atoms with Crippen LogP contribution in [0.15, 0.2) is 6.33 Å². The Balaban J connectivity index is 1.77. The number of likely N-dealkylation sites (tertiary alicyclic amines) is 1. The molecule has 1 saturated carbocycles. The van der Waals surface area contributed by atoms with E-state index in [0.717, 1.165) is 11.9 Å². The number of aryl methyl sites for hydroxylation is 1. The van der Waals surface area contributed by atoms with Gasteiger partial charge in [-0.1, -0.05) is 19.3 Å². The molecular weight excluding hydrogens is 212 g/mol. The van der Waals surface area contributed by atoms with E-state index in [-0.39, 0.29) is 0 Å². The summed E-state index contributed by atoms with van der Waals surface area (Å²) in [5, 5.41) is 8.35. The Morgan fingerprint density at radius 2 is 1.94 bits per heavy atom. The van der Waals surface area contributed by atoms with Gasteiger partial charge in [0, 0.05) is 13.1 Å². The zero-order valence-corrected chi connectivity index (χ0v) is 10.7. The van der Waals surface area contributed by atoms with E-state index in [1.807, 2.05) is 6.33 Å². The third kappa shape index (κ3) is 2.10. The van der Waals surface area contributed by atoms with E-state index < -0.39 is 0 Å². The van der Waals surface area contributed by atoms with Gasteiger partial charge >= 0.3 is 0 Å². The molecule has 1 atom stereocenters. The van der Waals surface area contributed by atoms with Crippen molar-refractivity contribution in [1.29, 1.82) is 0 Å². The Morgan fingerprint density at radius 3 is 2.65 bits per heavy atom. The lowest BCUT2D eigenvalue weighted by molar-refractivity contribution is 0.136. The average molecular weight is 234 g/mol. The van der Waals surface area contributed by atoms with Crippen molar-refractivity contribution in [3.63, 3.8) is 0 Å². The van der Waals surface area contributed by atoms with Crippen LogP contribution in [0.1, 0.15) is 56.8 Å². The smallest absolute Gasteiger partial charge is 0.149 e. The van der Waals surface area contributed by atoms with E-state index in [2.05, 4.69) is 26.7 Å². The maximum atomic E-state index is 4.31. The van der Waals surface area contributed by atoms with Gasteiger partial charge in [-0.3, -0.25) is 4.90 Å². The van der Waals surface area contributed by atoms with Crippen molar-refractivity contribution in [2.75, 3.05) is 6.54 Å². The predicted octanol–water partition coefficient (Wildman–Crippen LogP) is 2.28. The van der Waals surface area contributed by atoms with Crippen molar-refractivity contribution in [3.05, 3.63) is 12.2 Å². The fraction of sp³-hybridized carbons (Fsp3) is 0.846. The zero-order valence-electron chi connectivity index (χ0n) is 10.7. The molecule has 4 nitrogen and oxygen atoms in total. The first-order chi connectivity index (χ1) is 8.36. The van der Waals surface area contributed by atoms with Crippen molar-refractivity contribution in [2.45, 2.75) is 57.0 Å². The molecule has 0 aromatic carbocycles. The fourth-order valence-electron chi connectivity index (χ4n) is 3.51. The molecule has 4 heteroatoms. The second-order valence-corrected chi connectivity index (χ2v) is 5.49. The summed E-state index contributed by atoms with van der Waals surface area (Å²) in [6.45, 7) is 1.25. The molecule has 1 aliphatic heterocycles. The summed E-state index contributed by atoms with van der Waals surface area (Å²) in [6, 6.07) is 1.32. The number of hydrogen-bond donors (Lipinski definition) is 0. The Morgan fingerprint density at radius 1 is 1.12 bits per heavy atom. The third-order valence-corrected chi connectivity index (χ3v) is 4.38. The molecule has 17 heavy (non-hydrogen) atoms. The molecule has 0 radical (unpaired) electrons. The molecule has 1 aliphatic carbocycles. The normalized spacial score (nSPS) is 27.7. The molecule has 1 aromatic heterocycles. The van der Waals surface area contributed by atoms with Crippen LogP contribution in [0.4, 0.5) is 0 Å². The molecule has 0 bridgehead atoms. The molecule has 1 saturated heterocycles. The van der Waals surface area contributed by atoms with Crippen LogP contribution in [0.25, 0.3) is 0 Å². The monoisotopic (exact) mass is 234 g/mol. The van der Waals surface area contributed by atoms with Crippen LogP contribution in [0.5, 0.6) is 0 Å². The summed E-state index contributed by atoms with van der Waals surface area (Å²) in [7, 11) is 2.06. The minimum Gasteiger partial charge on any atom is -0.319 e. The first-order valence-corrected chi connectivity index (χ1v) is 6.96. The molecule has 1 unspecified atom stereocenters. The molecule has 0 spiro atoms. The van der Waals surface area contributed by atoms with Gasteiger partial charge in [0.05, 0.1) is 6.04 Å². The van der Waals surface area contributed by atoms with E-state index in [4.69, 9.17) is 0 Å². The molecule has 2 heterocycles. The predicted molar refractivity (Wildman–Crippen MR) is 66.6 cm³/mol. The molecular formula is C13H22N4. The largest absolute Gasteiger partial charge is 0.319 e. The van der Waals surface area contributed by atoms with Crippen molar-refractivity contribution < 1.29 is 0 Å². The Bertz CT molecular complexity index is 367. The van der Waals surface area contributed by atoms with Crippen LogP contribution in [-0.2, 0) is 7.05 Å². The lowest BCUT2D eigenvalue weighted by Crippen LogP contribution is -2.37. The maximum absolute atomic E-state index is 4.31. The molecule has 2 aliphatic rings. The maximum Gasteiger partial charge on any atom is 0.149 e. The van der Waals surface area contributed by atoms with Gasteiger partial charge in [-0.15, -0.1) is 10.2 Å². The molecule has 2 fully saturated rings. The quantitative estimate of drug-likeness (QED) is 0.787. The molecule has 0 N–H and O–H groups in total. The molecule has 1 aromatic rings. The van der Waals surface area contributed by atoms with Gasteiger partial charge in [0.2, 0.25) is 0 Å². The van der Waals surface area contributed by atoms with E-state index in [0.29, 0.717) is 6.04 Å². The van der Waals surface area contributed by atoms with Crippen LogP contribution in [0, 0.1) is 0 Å². The van der Waals surface area contributed by atoms with Crippen molar-refractivity contribution in [3.8, 4) is 0 Å². The van der Waals surface area contributed by atoms with Crippen LogP contribution >= 0.6 is 0 Å². The van der Waals surface area contributed by atoms with Crippen molar-refractivity contribution in [1.82, 2.24) is 19.7 Å². The van der Waals surface area contributed by atoms with Gasteiger partial charge in [0.15, 0.2) is 0 Å². The highest BCUT2D eigenvalue weighted by Gasteiger charge is 2.34. The number of aromatic nitrogens is 3. The van der Waals surface area contributed by atoms with E-state index in [1.54, 1.807) is 0 Å². The summed E-state index contributed by atoms with van der Waals surface area (Å²) < 4.78 is 2.09. The molecule has 3 rings (SSSR count). The summed E-state index contributed by atoms with van der Waals surface area (Å²) in [6.07, 6.45) is 11.4. The Hall–Kier alpha value is -0.900. The minimum absolute atomic E-state index is 0.519. The Kier molecular flexibility index (Phi) is 3.14. The molecule has 0 amide bonds. The summed E-state index contributed by atoms with van der Waals surface area (Å²) in [5.41, 5.74) is 0. The summed E-state index contributed by atoms with van der Waals surface area (Å²) in [4.78, 5) is 2.70. The van der Waals surface area contributed by atoms with E-state index in [1.165, 1.54) is 51.5 Å². The summed E-state index contributed by atoms with van der Waals surface area (Å²) in [5.74, 6) is 1.16. The third-order valence-electron chi connectivity index (χ3n) is 4.38. The minimum atomic E-state index is 0.519. The highest BCUT2D eigenvalue weighted by Crippen LogP contribution is 2.36. The van der Waals surface area contributed by atoms with Crippen LogP contribution in [-0.4, -0.2) is 32.3 Å². The van der Waals surface area contributed by atoms with Crippen LogP contribution in [0.3, 0.4) is 0 Å². The van der Waals surface area contributed by atoms with Gasteiger partial charge in [-0.05, 0) is 32.2 Å². The lowest BCUT2D eigenvalue weighted by atomic mass is 9.93. The zero-order chi connectivity index (χ0) is 11.7. The second-order valence-electron chi connectivity index (χ2n) is 5.49. The highest BCUT2D eigenvalue weighted by molar-refractivity contribution is 5.00. The fourth-order valence-corrected chi connectivity index (χ4v) is 3.51. The van der Waals surface area contributed by atoms with Crippen molar-refractivity contribution >= 4 is 0 Å². The van der Waals surface area contributed by atoms with Crippen LogP contribution in [0.2, 0.25) is 0 Å².